The summed E-state index contributed by atoms with van der Waals surface area (Å²) in [4.78, 5) is 78.1. The van der Waals surface area contributed by atoms with Gasteiger partial charge >= 0.3 is 17.7 Å². The number of aromatic hydroxyl groups is 2. The summed E-state index contributed by atoms with van der Waals surface area (Å²) in [5, 5.41) is 60.1. The Labute approximate surface area is 430 Å². The third kappa shape index (κ3) is 9.09. The first kappa shape index (κ1) is 52.7. The number of aromatic nitrogens is 1. The molecule has 1 saturated heterocycles. The van der Waals surface area contributed by atoms with Crippen LogP contribution in [-0.4, -0.2) is 110 Å². The number of carbonyl (C=O) groups is 4. The molecule has 4 aromatic rings. The second-order valence-corrected chi connectivity index (χ2v) is 20.9. The quantitative estimate of drug-likeness (QED) is 0.102. The Balaban J connectivity index is 1.16. The van der Waals surface area contributed by atoms with Gasteiger partial charge in [0.15, 0.2) is 5.75 Å². The van der Waals surface area contributed by atoms with Crippen molar-refractivity contribution in [3.8, 4) is 17.2 Å². The van der Waals surface area contributed by atoms with E-state index in [0.29, 0.717) is 5.52 Å². The van der Waals surface area contributed by atoms with Crippen molar-refractivity contribution in [1.29, 1.82) is 0 Å². The molecule has 0 unspecified atom stereocenters. The fourth-order valence-corrected chi connectivity index (χ4v) is 11.1. The van der Waals surface area contributed by atoms with Crippen molar-refractivity contribution in [2.24, 2.45) is 33.7 Å². The van der Waals surface area contributed by atoms with Gasteiger partial charge in [-0.2, -0.15) is 0 Å². The van der Waals surface area contributed by atoms with Gasteiger partial charge in [0.05, 0.1) is 52.4 Å². The fourth-order valence-electron chi connectivity index (χ4n) is 11.1. The highest BCUT2D eigenvalue weighted by Crippen LogP contribution is 2.51. The number of amides is 1. The van der Waals surface area contributed by atoms with Crippen molar-refractivity contribution in [2.75, 3.05) is 30.4 Å². The van der Waals surface area contributed by atoms with Crippen LogP contribution in [0.3, 0.4) is 0 Å². The number of allylic oxidation sites excluding steroid dienone is 2. The SMILES string of the molecule is CO[C@H]1/C=C/O[C@@]2(C)Oc3c(C)c(O)c4c(O)c(c5c(c4c3C2=O)NC2(CCN(c3cc4c(cc3F)c(=O)c(C(=O)O)cn4C3CC3)CC2)N=5)=NC(=O)/C(C)=C\C=C\[C@H](C)[C@H](O)[C@@H](C)[C@@H](O)[C@@H](C)[C@H](OC(C)=O)[C@@H]1C. The molecule has 3 aromatic carbocycles. The van der Waals surface area contributed by atoms with Crippen molar-refractivity contribution >= 4 is 56.7 Å². The first-order valence-corrected chi connectivity index (χ1v) is 25.1. The van der Waals surface area contributed by atoms with Gasteiger partial charge in [0, 0.05) is 105 Å². The zero-order valence-electron chi connectivity index (χ0n) is 43.1. The van der Waals surface area contributed by atoms with E-state index in [1.165, 1.54) is 59.4 Å². The molecule has 75 heavy (non-hydrogen) atoms. The number of hydrogen-bond donors (Lipinski definition) is 6. The highest BCUT2D eigenvalue weighted by molar-refractivity contribution is 6.21. The number of rotatable bonds is 5. The number of pyridine rings is 1. The predicted octanol–water partition coefficient (Wildman–Crippen LogP) is 5.79. The van der Waals surface area contributed by atoms with Gasteiger partial charge in [-0.3, -0.25) is 24.2 Å². The molecule has 9 rings (SSSR count). The van der Waals surface area contributed by atoms with Gasteiger partial charge in [0.1, 0.15) is 45.4 Å². The summed E-state index contributed by atoms with van der Waals surface area (Å²) in [5.41, 5.74) is -1.57. The van der Waals surface area contributed by atoms with Crippen LogP contribution in [0.1, 0.15) is 106 Å². The number of halogens is 1. The summed E-state index contributed by atoms with van der Waals surface area (Å²) < 4.78 is 42.0. The number of phenols is 2. The maximum Gasteiger partial charge on any atom is 0.341 e. The first-order chi connectivity index (χ1) is 35.4. The Bertz CT molecular complexity index is 3380. The van der Waals surface area contributed by atoms with E-state index in [9.17, 15) is 49.5 Å². The number of ketones is 1. The molecular weight excluding hydrogens is 974 g/mol. The molecule has 2 fully saturated rings. The third-order valence-corrected chi connectivity index (χ3v) is 15.8. The molecule has 1 saturated carbocycles. The Hall–Kier alpha value is -7.16. The zero-order valence-corrected chi connectivity index (χ0v) is 43.1. The molecule has 1 aliphatic carbocycles. The van der Waals surface area contributed by atoms with Gasteiger partial charge < -0.3 is 59.3 Å². The maximum atomic E-state index is 16.2. The van der Waals surface area contributed by atoms with E-state index in [2.05, 4.69) is 10.3 Å². The maximum absolute atomic E-state index is 16.2. The summed E-state index contributed by atoms with van der Waals surface area (Å²) in [7, 11) is 1.43. The lowest BCUT2D eigenvalue weighted by atomic mass is 9.78. The average molecular weight is 1040 g/mol. The van der Waals surface area contributed by atoms with E-state index in [1.807, 2.05) is 0 Å². The predicted molar refractivity (Wildman–Crippen MR) is 272 cm³/mol. The van der Waals surface area contributed by atoms with E-state index < -0.39 is 111 Å². The minimum Gasteiger partial charge on any atom is -0.507 e. The smallest absolute Gasteiger partial charge is 0.341 e. The second kappa shape index (κ2) is 19.5. The number of fused-ring (bicyclic) bond motifs is 2. The van der Waals surface area contributed by atoms with Crippen molar-refractivity contribution in [1.82, 2.24) is 4.57 Å². The Morgan fingerprint density at radius 3 is 2.27 bits per heavy atom. The number of anilines is 2. The summed E-state index contributed by atoms with van der Waals surface area (Å²) >= 11 is 0. The van der Waals surface area contributed by atoms with Gasteiger partial charge in [-0.15, -0.1) is 0 Å². The number of aromatic carboxylic acids is 1. The van der Waals surface area contributed by atoms with E-state index in [0.717, 1.165) is 18.9 Å². The van der Waals surface area contributed by atoms with Crippen molar-refractivity contribution in [2.45, 2.75) is 123 Å². The Morgan fingerprint density at radius 1 is 0.933 bits per heavy atom. The zero-order chi connectivity index (χ0) is 54.3. The van der Waals surface area contributed by atoms with Crippen molar-refractivity contribution in [3.63, 3.8) is 0 Å². The number of methoxy groups -OCH3 is 1. The average Bonchev–Trinajstić information content (AvgIpc) is 4.11. The van der Waals surface area contributed by atoms with Crippen LogP contribution in [0, 0.1) is 36.4 Å². The lowest BCUT2D eigenvalue weighted by molar-refractivity contribution is -0.160. The number of nitrogens with one attached hydrogen (secondary N) is 1. The molecule has 1 aromatic heterocycles. The van der Waals surface area contributed by atoms with Crippen LogP contribution in [0.5, 0.6) is 17.2 Å². The molecule has 20 heteroatoms. The number of aliphatic hydroxyl groups is 2. The number of benzene rings is 3. The number of carboxylic acid groups (broad SMARTS) is 1. The summed E-state index contributed by atoms with van der Waals surface area (Å²) in [6.45, 7) is 12.9. The number of aliphatic hydroxyl groups excluding tert-OH is 2. The number of phenolic OH excluding ortho intramolecular Hbond substituents is 2. The molecule has 5 heterocycles. The normalized spacial score (nSPS) is 29.4. The highest BCUT2D eigenvalue weighted by atomic mass is 19.1. The molecule has 1 spiro atoms. The molecule has 9 atom stereocenters. The molecule has 6 N–H and O–H groups in total. The van der Waals surface area contributed by atoms with Crippen LogP contribution in [0.2, 0.25) is 0 Å². The second-order valence-electron chi connectivity index (χ2n) is 20.9. The number of Topliss-reactive ketones (excluding diaryl/α,β-unsaturated/α-hetero) is 1. The lowest BCUT2D eigenvalue weighted by Gasteiger charge is -2.39. The minimum atomic E-state index is -2.07. The number of ether oxygens (including phenoxy) is 4. The molecule has 1 amide bonds. The highest BCUT2D eigenvalue weighted by Gasteiger charge is 2.51. The molecule has 4 aliphatic heterocycles. The summed E-state index contributed by atoms with van der Waals surface area (Å²) in [6.07, 6.45) is 6.63. The topological polar surface area (TPSA) is 268 Å². The molecule has 0 radical (unpaired) electrons. The minimum absolute atomic E-state index is 0.00427. The van der Waals surface area contributed by atoms with Gasteiger partial charge in [0.25, 0.3) is 11.7 Å². The van der Waals surface area contributed by atoms with Crippen LogP contribution in [0.25, 0.3) is 21.7 Å². The van der Waals surface area contributed by atoms with Crippen LogP contribution < -0.4 is 31.1 Å². The van der Waals surface area contributed by atoms with E-state index >= 15 is 4.39 Å². The molecule has 19 nitrogen and oxygen atoms in total. The standard InChI is InChI=1S/C55H62FN5O14/c1-24-11-10-12-25(2)52(69)57-43-42-41(58-55(59-42)16-18-60(19-17-55)36-22-35-32(21-34(36)56)47(66)33(53(70)71)23-61(35)31-13-14-31)38-39(48(43)67)46(65)29(6)50-40(38)51(68)54(8,75-50)73-20-15-37(72-9)26(3)49(74-30(7)62)28(5)45(64)27(4)44(24)63/h10-12,15,20-24,26-28,31,37,44-45,49,58,63-65,67H,13-14,16-19H2,1-9H3,(H,70,71)/b11-10+,20-15+,25-12-,57-43?/t24-,26+,27+,28+,37-,44-,45+,49+,54-/m0/s1. The molecule has 5 aliphatic rings. The molecular formula is C55H62FN5O14. The van der Waals surface area contributed by atoms with Gasteiger partial charge in [-0.25, -0.2) is 14.2 Å². The monoisotopic (exact) mass is 1040 g/mol. The van der Waals surface area contributed by atoms with Gasteiger partial charge in [0.2, 0.25) is 5.43 Å². The van der Waals surface area contributed by atoms with E-state index in [4.69, 9.17) is 23.9 Å². The molecule has 4 bridgehead atoms. The van der Waals surface area contributed by atoms with E-state index in [1.54, 1.807) is 55.4 Å². The fraction of sp³-hybridized carbons (Fsp3) is 0.473. The van der Waals surface area contributed by atoms with Crippen LogP contribution in [0.4, 0.5) is 15.8 Å². The number of carbonyl (C=O) groups excluding carboxylic acids is 3. The number of carboxylic acids is 1. The van der Waals surface area contributed by atoms with E-state index in [-0.39, 0.29) is 92.7 Å². The number of nitrogens with zero attached hydrogens (tertiary/aromatic N) is 4. The number of esters is 1. The third-order valence-electron chi connectivity index (χ3n) is 15.8. The van der Waals surface area contributed by atoms with Crippen molar-refractivity contribution in [3.05, 3.63) is 97.9 Å². The van der Waals surface area contributed by atoms with Crippen molar-refractivity contribution < 1.29 is 68.0 Å². The van der Waals surface area contributed by atoms with Crippen LogP contribution >= 0.6 is 0 Å². The first-order valence-electron chi connectivity index (χ1n) is 25.1. The van der Waals surface area contributed by atoms with Crippen LogP contribution in [0.15, 0.2) is 69.2 Å². The van der Waals surface area contributed by atoms with Crippen LogP contribution in [-0.2, 0) is 23.8 Å². The Kier molecular flexibility index (Phi) is 13.7. The molecule has 398 valence electrons. The lowest BCUT2D eigenvalue weighted by Crippen LogP contribution is -2.47. The Morgan fingerprint density at radius 2 is 1.63 bits per heavy atom. The van der Waals surface area contributed by atoms with Gasteiger partial charge in [-0.1, -0.05) is 45.9 Å². The number of hydrogen-bond acceptors (Lipinski definition) is 16. The number of piperidine rings is 1. The van der Waals surface area contributed by atoms with Gasteiger partial charge in [-0.05, 0) is 44.9 Å². The largest absolute Gasteiger partial charge is 0.507 e. The summed E-state index contributed by atoms with van der Waals surface area (Å²) in [6, 6.07) is 2.60. The summed E-state index contributed by atoms with van der Waals surface area (Å²) in [5.74, 6) is -10.1.